The molecule has 2 fully saturated rings. The van der Waals surface area contributed by atoms with Crippen LogP contribution in [0.25, 0.3) is 0 Å². The van der Waals surface area contributed by atoms with Crippen LogP contribution in [0.1, 0.15) is 135 Å². The van der Waals surface area contributed by atoms with E-state index in [0.29, 0.717) is 52.6 Å². The van der Waals surface area contributed by atoms with E-state index in [0.717, 1.165) is 16.0 Å². The van der Waals surface area contributed by atoms with Crippen LogP contribution in [-0.4, -0.2) is 168 Å². The fourth-order valence-corrected chi connectivity index (χ4v) is 12.9. The molecule has 7 amide bonds. The van der Waals surface area contributed by atoms with E-state index in [4.69, 9.17) is 45.8 Å². The highest BCUT2D eigenvalue weighted by atomic mass is 79.9. The number of ether oxygens (including phenoxy) is 6. The number of halogens is 3. The van der Waals surface area contributed by atoms with Crippen molar-refractivity contribution in [1.82, 2.24) is 20.9 Å². The maximum atomic E-state index is 14.7. The van der Waals surface area contributed by atoms with Gasteiger partial charge in [0.25, 0.3) is 5.91 Å². The number of primary amides is 1. The van der Waals surface area contributed by atoms with Gasteiger partial charge in [0.15, 0.2) is 0 Å². The van der Waals surface area contributed by atoms with Crippen LogP contribution >= 0.6 is 43.5 Å². The van der Waals surface area contributed by atoms with Crippen LogP contribution in [0, 0.1) is 24.7 Å². The zero-order chi connectivity index (χ0) is 67.2. The van der Waals surface area contributed by atoms with Gasteiger partial charge in [-0.3, -0.25) is 33.6 Å². The standard InChI is InChI=1S/C64H90Br2ClN7O16/c1-35(2)54(72-50(75)21-14-15-24-62(7,8)90-60(82)41(33-65)34-66)57(79)70-44(19-17-25-69-61(68)83)56(78)71-45-29-42(85-12)22-23-43(45)58(80)73(10)39(6)59(81)88-49-30-51(76)74(11)46-28-40(27-37(4)53(46)67)26-36(3)18-16-20-48(86-13)64(84)31-47(87-52(77)32-64)38(5)55-63(49,9)89-55/h16,18,20,22-23,27-29,35,38-39,41,44,47-49,54-55,84H,14-15,17,19,21,24-26,30-34H2,1-13H3,(H,70,79)(H,71,78)(H,72,75)(H3,68,69,83)/b20-16+,36-18+/t38-,39+,44+,47+,48-,49+,54+,55+,63+,64-/m1/s1. The molecule has 0 radical (unpaired) electrons. The summed E-state index contributed by atoms with van der Waals surface area (Å²) in [5.41, 5.74) is 4.20. The number of anilines is 2. The summed E-state index contributed by atoms with van der Waals surface area (Å²) in [5.74, 6) is -6.28. The van der Waals surface area contributed by atoms with Gasteiger partial charge < -0.3 is 70.3 Å². The lowest BCUT2D eigenvalue weighted by atomic mass is 9.78. The summed E-state index contributed by atoms with van der Waals surface area (Å²) in [4.78, 5) is 126. The normalized spacial score (nSPS) is 24.0. The summed E-state index contributed by atoms with van der Waals surface area (Å²) in [6.07, 6.45) is 2.71. The van der Waals surface area contributed by atoms with Gasteiger partial charge in [-0.05, 0) is 115 Å². The fourth-order valence-electron chi connectivity index (χ4n) is 11.1. The predicted octanol–water partition coefficient (Wildman–Crippen LogP) is 7.69. The van der Waals surface area contributed by atoms with Crippen LogP contribution in [0.4, 0.5) is 16.2 Å². The Labute approximate surface area is 549 Å². The van der Waals surface area contributed by atoms with Crippen molar-refractivity contribution in [1.29, 1.82) is 0 Å². The molecular formula is C64H90Br2ClN7O16. The number of rotatable bonds is 25. The van der Waals surface area contributed by atoms with E-state index in [1.165, 1.54) is 51.3 Å². The summed E-state index contributed by atoms with van der Waals surface area (Å²) < 4.78 is 35.5. The summed E-state index contributed by atoms with van der Waals surface area (Å²) in [6.45, 7) is 15.7. The average molecular weight is 1410 g/mol. The van der Waals surface area contributed by atoms with Gasteiger partial charge in [0.2, 0.25) is 23.6 Å². The molecular weight excluding hydrogens is 1320 g/mol. The Hall–Kier alpha value is -6.12. The monoisotopic (exact) mass is 1410 g/mol. The molecule has 7 N–H and O–H groups in total. The molecule has 2 aromatic rings. The highest BCUT2D eigenvalue weighted by Crippen LogP contribution is 2.50. The highest BCUT2D eigenvalue weighted by molar-refractivity contribution is 9.09. The first-order valence-electron chi connectivity index (χ1n) is 30.2. The van der Waals surface area contributed by atoms with Gasteiger partial charge in [-0.2, -0.15) is 0 Å². The van der Waals surface area contributed by atoms with Crippen LogP contribution in [-0.2, 0) is 63.7 Å². The number of esters is 3. The maximum absolute atomic E-state index is 14.7. The van der Waals surface area contributed by atoms with E-state index in [-0.39, 0.29) is 67.5 Å². The number of unbranched alkanes of at least 4 members (excludes halogenated alkanes) is 1. The molecule has 10 atom stereocenters. The van der Waals surface area contributed by atoms with Gasteiger partial charge in [-0.25, -0.2) is 9.59 Å². The zero-order valence-corrected chi connectivity index (χ0v) is 57.7. The Morgan fingerprint density at radius 3 is 2.30 bits per heavy atom. The van der Waals surface area contributed by atoms with Gasteiger partial charge in [0.1, 0.15) is 59.0 Å². The van der Waals surface area contributed by atoms with Crippen LogP contribution in [0.3, 0.4) is 0 Å². The minimum absolute atomic E-state index is 0.0299. The third kappa shape index (κ3) is 19.9. The minimum atomic E-state index is -1.67. The number of epoxide rings is 1. The lowest BCUT2D eigenvalue weighted by Crippen LogP contribution is -2.54. The second kappa shape index (κ2) is 32.9. The molecule has 2 saturated heterocycles. The lowest BCUT2D eigenvalue weighted by molar-refractivity contribution is -0.187. The Balaban J connectivity index is 1.38. The molecule has 0 unspecified atom stereocenters. The summed E-state index contributed by atoms with van der Waals surface area (Å²) in [7, 11) is 5.73. The highest BCUT2D eigenvalue weighted by Gasteiger charge is 2.64. The second-order valence-corrected chi connectivity index (χ2v) is 26.5. The van der Waals surface area contributed by atoms with Crippen molar-refractivity contribution in [3.8, 4) is 5.75 Å². The van der Waals surface area contributed by atoms with Crippen molar-refractivity contribution >= 4 is 108 Å². The SMILES string of the molecule is COc1ccc(C(=O)N(C)[C@@H](C)C(=O)O[C@H]2CC(=O)N(C)c3cc(cc(C)c3Cl)C/C(C)=C/C=C/[C@@H](OC)[C@]3(O)CC(=O)O[C@@H](C3)[C@@H](C)[C@@H]3O[C@@]23C)c(NC(=O)[C@H](CCCNC(N)=O)NC(=O)[C@@H](NC(=O)CCCCC(C)(C)OC(=O)C(CBr)CBr)C(C)C)c1. The smallest absolute Gasteiger partial charge is 0.328 e. The largest absolute Gasteiger partial charge is 0.497 e. The van der Waals surface area contributed by atoms with Crippen molar-refractivity contribution < 1.29 is 76.7 Å². The molecule has 23 nitrogen and oxygen atoms in total. The minimum Gasteiger partial charge on any atom is -0.497 e. The number of nitrogens with zero attached hydrogens (tertiary/aromatic N) is 2. The number of likely N-dealkylation sites (N-methyl/N-ethyl adjacent to an activating group) is 1. The first kappa shape index (κ1) is 74.6. The number of carbonyl (C=O) groups excluding carboxylic acids is 9. The molecule has 4 bridgehead atoms. The van der Waals surface area contributed by atoms with Gasteiger partial charge in [-0.15, -0.1) is 0 Å². The zero-order valence-electron chi connectivity index (χ0n) is 53.8. The molecule has 26 heteroatoms. The van der Waals surface area contributed by atoms with Gasteiger partial charge in [0.05, 0.1) is 53.9 Å². The van der Waals surface area contributed by atoms with Crippen molar-refractivity contribution in [3.05, 3.63) is 75.8 Å². The molecule has 3 aliphatic rings. The fraction of sp³-hybridized carbons (Fsp3) is 0.609. The Kier molecular flexibility index (Phi) is 27.3. The Morgan fingerprint density at radius 2 is 1.67 bits per heavy atom. The molecule has 0 saturated carbocycles. The number of hydrogen-bond acceptors (Lipinski definition) is 16. The summed E-state index contributed by atoms with van der Waals surface area (Å²) in [5, 5.41) is 24.1. The second-order valence-electron chi connectivity index (χ2n) is 24.8. The number of benzene rings is 2. The number of amides is 7. The molecule has 0 aromatic heterocycles. The van der Waals surface area contributed by atoms with E-state index in [1.54, 1.807) is 60.7 Å². The van der Waals surface area contributed by atoms with Gasteiger partial charge >= 0.3 is 23.9 Å². The maximum Gasteiger partial charge on any atom is 0.328 e. The molecule has 0 aliphatic carbocycles. The van der Waals surface area contributed by atoms with Gasteiger partial charge in [0, 0.05) is 63.2 Å². The molecule has 498 valence electrons. The molecule has 0 spiro atoms. The van der Waals surface area contributed by atoms with Crippen molar-refractivity contribution in [2.45, 2.75) is 186 Å². The van der Waals surface area contributed by atoms with Crippen LogP contribution in [0.15, 0.2) is 54.1 Å². The van der Waals surface area contributed by atoms with Crippen LogP contribution in [0.5, 0.6) is 5.75 Å². The van der Waals surface area contributed by atoms with Crippen molar-refractivity contribution in [2.24, 2.45) is 23.5 Å². The number of nitrogens with two attached hydrogens (primary N) is 1. The number of allylic oxidation sites excluding steroid dienone is 3. The average Bonchev–Trinajstić information content (AvgIpc) is 1.57. The molecule has 5 rings (SSSR count). The number of hydrogen-bond donors (Lipinski definition) is 6. The number of carbonyl (C=O) groups is 9. The third-order valence-corrected chi connectivity index (χ3v) is 18.9. The number of urea groups is 1. The number of nitrogens with one attached hydrogen (secondary N) is 4. The van der Waals surface area contributed by atoms with Crippen molar-refractivity contribution in [3.63, 3.8) is 0 Å². The van der Waals surface area contributed by atoms with Gasteiger partial charge in [-0.1, -0.05) is 94.1 Å². The number of alkyl halides is 2. The van der Waals surface area contributed by atoms with E-state index in [9.17, 15) is 48.3 Å². The first-order valence-corrected chi connectivity index (χ1v) is 32.8. The third-order valence-electron chi connectivity index (χ3n) is 16.8. The summed E-state index contributed by atoms with van der Waals surface area (Å²) >= 11 is 13.6. The summed E-state index contributed by atoms with van der Waals surface area (Å²) in [6, 6.07) is 3.41. The molecule has 3 heterocycles. The van der Waals surface area contributed by atoms with Crippen LogP contribution < -0.4 is 36.6 Å². The topological polar surface area (TPSA) is 313 Å². The molecule has 3 aliphatic heterocycles. The van der Waals surface area contributed by atoms with E-state index in [1.807, 2.05) is 32.1 Å². The number of aliphatic hydroxyl groups is 1. The van der Waals surface area contributed by atoms with Crippen LogP contribution in [0.2, 0.25) is 5.02 Å². The number of methoxy groups -OCH3 is 2. The molecule has 90 heavy (non-hydrogen) atoms. The first-order chi connectivity index (χ1) is 42.2. The van der Waals surface area contributed by atoms with E-state index < -0.39 is 125 Å². The Morgan fingerprint density at radius 1 is 0.978 bits per heavy atom. The Bertz CT molecular complexity index is 3020. The lowest BCUT2D eigenvalue weighted by Gasteiger charge is -2.41. The number of aryl methyl sites for hydroxylation is 1. The predicted molar refractivity (Wildman–Crippen MR) is 346 cm³/mol. The molecule has 2 aromatic carbocycles. The van der Waals surface area contributed by atoms with E-state index in [2.05, 4.69) is 53.1 Å². The van der Waals surface area contributed by atoms with E-state index >= 15 is 0 Å². The number of fused-ring (bicyclic) bond motifs is 5. The van der Waals surface area contributed by atoms with Crippen molar-refractivity contribution in [2.75, 3.05) is 55.7 Å². The quantitative estimate of drug-likeness (QED) is 0.0182.